The van der Waals surface area contributed by atoms with E-state index in [4.69, 9.17) is 14.2 Å². The largest absolute Gasteiger partial charge is 0.464 e. The van der Waals surface area contributed by atoms with E-state index in [1.54, 1.807) is 10.9 Å². The Kier molecular flexibility index (Phi) is 6.00. The van der Waals surface area contributed by atoms with Gasteiger partial charge in [-0.25, -0.2) is 9.48 Å². The summed E-state index contributed by atoms with van der Waals surface area (Å²) >= 11 is 0. The van der Waals surface area contributed by atoms with Gasteiger partial charge in [0, 0.05) is 19.6 Å². The molecule has 3 aromatic rings. The number of ether oxygens (including phenoxy) is 3. The Morgan fingerprint density at radius 3 is 2.50 bits per heavy atom. The Morgan fingerprint density at radius 1 is 1.12 bits per heavy atom. The Bertz CT molecular complexity index is 1090. The second-order valence-corrected chi connectivity index (χ2v) is 8.28. The number of rotatable bonds is 8. The highest BCUT2D eigenvalue weighted by atomic mass is 16.6. The quantitative estimate of drug-likeness (QED) is 0.496. The van der Waals surface area contributed by atoms with Gasteiger partial charge >= 0.3 is 12.0 Å². The Morgan fingerprint density at radius 2 is 1.84 bits per heavy atom. The van der Waals surface area contributed by atoms with Gasteiger partial charge < -0.3 is 14.2 Å². The molecule has 5 rings (SSSR count). The molecule has 1 atom stereocenters. The number of fused-ring (bicyclic) bond motifs is 1. The van der Waals surface area contributed by atoms with Gasteiger partial charge in [-0.1, -0.05) is 24.3 Å². The molecule has 0 amide bonds. The maximum atomic E-state index is 12.3. The zero-order valence-electron chi connectivity index (χ0n) is 18.2. The van der Waals surface area contributed by atoms with Crippen molar-refractivity contribution in [3.05, 3.63) is 47.3 Å². The predicted molar refractivity (Wildman–Crippen MR) is 117 cm³/mol. The number of methoxy groups -OCH3 is 1. The molecule has 4 heterocycles. The third-order valence-corrected chi connectivity index (χ3v) is 6.01. The molecule has 9 heteroatoms. The third kappa shape index (κ3) is 4.44. The van der Waals surface area contributed by atoms with Crippen LogP contribution < -0.4 is 4.74 Å². The van der Waals surface area contributed by atoms with Crippen LogP contribution in [0.3, 0.4) is 0 Å². The first kappa shape index (κ1) is 20.8. The number of carbonyl (C=O) groups is 1. The van der Waals surface area contributed by atoms with Crippen LogP contribution in [-0.2, 0) is 22.6 Å². The summed E-state index contributed by atoms with van der Waals surface area (Å²) < 4.78 is 17.7. The molecule has 2 fully saturated rings. The average Bonchev–Trinajstić information content (AvgIpc) is 3.43. The highest BCUT2D eigenvalue weighted by molar-refractivity contribution is 6.00. The molecule has 2 aliphatic rings. The van der Waals surface area contributed by atoms with Crippen LogP contribution in [0.2, 0.25) is 0 Å². The van der Waals surface area contributed by atoms with Crippen molar-refractivity contribution in [1.29, 1.82) is 0 Å². The Balaban J connectivity index is 1.37. The molecule has 0 saturated carbocycles. The minimum absolute atomic E-state index is 0.0415. The van der Waals surface area contributed by atoms with E-state index in [2.05, 4.69) is 44.2 Å². The van der Waals surface area contributed by atoms with Crippen molar-refractivity contribution in [1.82, 2.24) is 24.6 Å². The smallest absolute Gasteiger partial charge is 0.357 e. The second-order valence-electron chi connectivity index (χ2n) is 8.28. The van der Waals surface area contributed by atoms with E-state index < -0.39 is 5.97 Å². The van der Waals surface area contributed by atoms with Crippen molar-refractivity contribution >= 4 is 17.0 Å². The molecule has 0 spiro atoms. The summed E-state index contributed by atoms with van der Waals surface area (Å²) in [5.41, 5.74) is 3.09. The lowest BCUT2D eigenvalue weighted by Gasteiger charge is -2.25. The maximum absolute atomic E-state index is 12.3. The fourth-order valence-corrected chi connectivity index (χ4v) is 4.07. The first-order chi connectivity index (χ1) is 15.7. The van der Waals surface area contributed by atoms with Crippen LogP contribution in [0.15, 0.2) is 30.5 Å². The van der Waals surface area contributed by atoms with Crippen LogP contribution in [0.4, 0.5) is 0 Å². The molecule has 0 radical (unpaired) electrons. The second kappa shape index (κ2) is 9.22. The summed E-state index contributed by atoms with van der Waals surface area (Å²) in [4.78, 5) is 23.6. The molecule has 2 aliphatic heterocycles. The highest BCUT2D eigenvalue weighted by Gasteiger charge is 2.23. The maximum Gasteiger partial charge on any atom is 0.357 e. The summed E-state index contributed by atoms with van der Waals surface area (Å²) in [5.74, 6) is -0.548. The lowest BCUT2D eigenvalue weighted by atomic mass is 10.1. The number of esters is 1. The van der Waals surface area contributed by atoms with Gasteiger partial charge in [-0.15, -0.1) is 0 Å². The van der Waals surface area contributed by atoms with Crippen LogP contribution in [0, 0.1) is 0 Å². The number of carbonyl (C=O) groups excluding carboxylic acids is 1. The van der Waals surface area contributed by atoms with Gasteiger partial charge in [0.2, 0.25) is 0 Å². The van der Waals surface area contributed by atoms with Crippen molar-refractivity contribution in [2.24, 2.45) is 0 Å². The standard InChI is InChI=1S/C23H27N5O4/c1-30-22(29)20-19-12-24-28(21(19)26-23(25-20)32-15-18-8-11-31-18)14-17-6-4-16(5-7-17)13-27-9-2-3-10-27/h4-7,12,18H,2-3,8-11,13-15H2,1H3/t18-/m0/s1. The zero-order valence-corrected chi connectivity index (χ0v) is 18.2. The number of hydrogen-bond acceptors (Lipinski definition) is 8. The van der Waals surface area contributed by atoms with Gasteiger partial charge in [0.15, 0.2) is 11.3 Å². The van der Waals surface area contributed by atoms with E-state index in [1.807, 2.05) is 0 Å². The van der Waals surface area contributed by atoms with E-state index in [0.29, 0.717) is 24.2 Å². The molecular formula is C23H27N5O4. The summed E-state index contributed by atoms with van der Waals surface area (Å²) in [6.07, 6.45) is 5.17. The van der Waals surface area contributed by atoms with Crippen molar-refractivity contribution in [3.63, 3.8) is 0 Å². The van der Waals surface area contributed by atoms with Gasteiger partial charge in [0.25, 0.3) is 0 Å². The summed E-state index contributed by atoms with van der Waals surface area (Å²) in [5, 5.41) is 4.99. The number of benzene rings is 1. The Labute approximate surface area is 186 Å². The average molecular weight is 438 g/mol. The van der Waals surface area contributed by atoms with E-state index in [1.165, 1.54) is 38.6 Å². The van der Waals surface area contributed by atoms with Crippen molar-refractivity contribution < 1.29 is 19.0 Å². The SMILES string of the molecule is COC(=O)c1nc(OC[C@@H]2CCO2)nc2c1cnn2Cc1ccc(CN2CCCC2)cc1. The van der Waals surface area contributed by atoms with Crippen LogP contribution in [-0.4, -0.2) is 70.1 Å². The summed E-state index contributed by atoms with van der Waals surface area (Å²) in [7, 11) is 1.33. The third-order valence-electron chi connectivity index (χ3n) is 6.01. The number of likely N-dealkylation sites (tertiary alicyclic amines) is 1. The van der Waals surface area contributed by atoms with Crippen LogP contribution >= 0.6 is 0 Å². The van der Waals surface area contributed by atoms with Crippen molar-refractivity contribution in [2.75, 3.05) is 33.4 Å². The molecule has 9 nitrogen and oxygen atoms in total. The molecule has 2 saturated heterocycles. The number of hydrogen-bond donors (Lipinski definition) is 0. The van der Waals surface area contributed by atoms with Gasteiger partial charge in [-0.3, -0.25) is 4.90 Å². The number of aromatic nitrogens is 4. The molecule has 0 bridgehead atoms. The molecule has 0 unspecified atom stereocenters. The summed E-state index contributed by atoms with van der Waals surface area (Å²) in [6, 6.07) is 8.69. The van der Waals surface area contributed by atoms with Crippen LogP contribution in [0.25, 0.3) is 11.0 Å². The predicted octanol–water partition coefficient (Wildman–Crippen LogP) is 2.42. The van der Waals surface area contributed by atoms with E-state index in [-0.39, 0.29) is 17.8 Å². The highest BCUT2D eigenvalue weighted by Crippen LogP contribution is 2.22. The molecule has 1 aromatic carbocycles. The molecular weight excluding hydrogens is 410 g/mol. The van der Waals surface area contributed by atoms with E-state index >= 15 is 0 Å². The Hall–Kier alpha value is -3.04. The molecule has 32 heavy (non-hydrogen) atoms. The minimum Gasteiger partial charge on any atom is -0.464 e. The summed E-state index contributed by atoms with van der Waals surface area (Å²) in [6.45, 7) is 4.97. The van der Waals surface area contributed by atoms with Crippen molar-refractivity contribution in [2.45, 2.75) is 38.5 Å². The van der Waals surface area contributed by atoms with Gasteiger partial charge in [0.05, 0.1) is 31.3 Å². The van der Waals surface area contributed by atoms with Gasteiger partial charge in [-0.2, -0.15) is 15.1 Å². The first-order valence-electron chi connectivity index (χ1n) is 11.1. The lowest BCUT2D eigenvalue weighted by Crippen LogP contribution is -2.33. The fourth-order valence-electron chi connectivity index (χ4n) is 4.07. The molecule has 0 aliphatic carbocycles. The first-order valence-corrected chi connectivity index (χ1v) is 11.1. The van der Waals surface area contributed by atoms with Crippen LogP contribution in [0.1, 0.15) is 40.9 Å². The van der Waals surface area contributed by atoms with Gasteiger partial charge in [0.1, 0.15) is 6.61 Å². The van der Waals surface area contributed by atoms with Crippen LogP contribution in [0.5, 0.6) is 6.01 Å². The van der Waals surface area contributed by atoms with E-state index in [0.717, 1.165) is 25.1 Å². The normalized spacial score (nSPS) is 18.6. The lowest BCUT2D eigenvalue weighted by molar-refractivity contribution is -0.0733. The monoisotopic (exact) mass is 437 g/mol. The molecule has 168 valence electrons. The minimum atomic E-state index is -0.548. The molecule has 2 aromatic heterocycles. The van der Waals surface area contributed by atoms with E-state index in [9.17, 15) is 4.79 Å². The number of nitrogens with zero attached hydrogens (tertiary/aromatic N) is 5. The van der Waals surface area contributed by atoms with Crippen molar-refractivity contribution in [3.8, 4) is 6.01 Å². The topological polar surface area (TPSA) is 91.6 Å². The molecule has 0 N–H and O–H groups in total. The fraction of sp³-hybridized carbons (Fsp3) is 0.478. The van der Waals surface area contributed by atoms with Gasteiger partial charge in [-0.05, 0) is 37.1 Å². The zero-order chi connectivity index (χ0) is 21.9.